The maximum atomic E-state index is 5.59. The van der Waals surface area contributed by atoms with Gasteiger partial charge in [-0.25, -0.2) is 0 Å². The van der Waals surface area contributed by atoms with Crippen LogP contribution >= 0.6 is 0 Å². The van der Waals surface area contributed by atoms with Gasteiger partial charge < -0.3 is 5.73 Å². The number of benzene rings is 2. The van der Waals surface area contributed by atoms with Gasteiger partial charge in [0.05, 0.1) is 0 Å². The summed E-state index contributed by atoms with van der Waals surface area (Å²) in [6.07, 6.45) is 10.0. The van der Waals surface area contributed by atoms with Crippen molar-refractivity contribution in [1.82, 2.24) is 0 Å². The van der Waals surface area contributed by atoms with Crippen molar-refractivity contribution in [1.29, 1.82) is 0 Å². The zero-order chi connectivity index (χ0) is 16.5. The summed E-state index contributed by atoms with van der Waals surface area (Å²) < 4.78 is 0. The molecule has 0 saturated carbocycles. The Labute approximate surface area is 141 Å². The monoisotopic (exact) mass is 307 g/mol. The van der Waals surface area contributed by atoms with E-state index >= 15 is 0 Å². The third kappa shape index (κ3) is 5.37. The molecule has 2 aromatic carbocycles. The number of allylic oxidation sites excluding steroid dienone is 1. The molecule has 0 aliphatic rings. The Bertz CT molecular complexity index is 640. The zero-order valence-electron chi connectivity index (χ0n) is 14.5. The van der Waals surface area contributed by atoms with Gasteiger partial charge >= 0.3 is 0 Å². The van der Waals surface area contributed by atoms with E-state index in [1.54, 1.807) is 0 Å². The molecule has 2 aromatic rings. The summed E-state index contributed by atoms with van der Waals surface area (Å²) >= 11 is 0. The van der Waals surface area contributed by atoms with Crippen LogP contribution in [0, 0.1) is 6.92 Å². The average molecular weight is 307 g/mol. The van der Waals surface area contributed by atoms with Crippen LogP contribution in [0.4, 0.5) is 0 Å². The van der Waals surface area contributed by atoms with Gasteiger partial charge in [-0.15, -0.1) is 0 Å². The lowest BCUT2D eigenvalue weighted by molar-refractivity contribution is 0.830. The normalized spacial score (nSPS) is 11.3. The van der Waals surface area contributed by atoms with E-state index in [-0.39, 0.29) is 0 Å². The van der Waals surface area contributed by atoms with Gasteiger partial charge in [0.1, 0.15) is 0 Å². The molecule has 23 heavy (non-hydrogen) atoms. The highest BCUT2D eigenvalue weighted by Gasteiger charge is 2.00. The van der Waals surface area contributed by atoms with Crippen molar-refractivity contribution < 1.29 is 0 Å². The highest BCUT2D eigenvalue weighted by molar-refractivity contribution is 5.57. The number of nitrogens with two attached hydrogens (primary N) is 1. The fourth-order valence-electron chi connectivity index (χ4n) is 2.99. The smallest absolute Gasteiger partial charge is 0.00741 e. The molecule has 2 rings (SSSR count). The Morgan fingerprint density at radius 2 is 1.74 bits per heavy atom. The first kappa shape index (κ1) is 17.5. The quantitative estimate of drug-likeness (QED) is 0.722. The number of rotatable bonds is 8. The fraction of sp³-hybridized carbons (Fsp3) is 0.364. The second-order valence-corrected chi connectivity index (χ2v) is 6.15. The Kier molecular flexibility index (Phi) is 7.09. The molecule has 0 aliphatic carbocycles. The summed E-state index contributed by atoms with van der Waals surface area (Å²) in [5.41, 5.74) is 12.6. The van der Waals surface area contributed by atoms with E-state index in [0.717, 1.165) is 38.6 Å². The standard InChI is InChI=1S/C22H29N/c1-3-21-14-6-9-18(2)22(21)15-5-4-10-19-11-7-12-20(17-19)13-8-16-23/h5-7,9,11-12,14-15,17H,3-4,8,10,13,16,23H2,1-2H3/b15-5+. The lowest BCUT2D eigenvalue weighted by Crippen LogP contribution is -2.00. The molecule has 0 amide bonds. The lowest BCUT2D eigenvalue weighted by atomic mass is 9.99. The van der Waals surface area contributed by atoms with E-state index in [1.165, 1.54) is 27.8 Å². The molecule has 2 N–H and O–H groups in total. The maximum Gasteiger partial charge on any atom is -0.00741 e. The molecule has 0 unspecified atom stereocenters. The topological polar surface area (TPSA) is 26.0 Å². The Balaban J connectivity index is 1.95. The first-order valence-electron chi connectivity index (χ1n) is 8.77. The fourth-order valence-corrected chi connectivity index (χ4v) is 2.99. The third-order valence-corrected chi connectivity index (χ3v) is 4.34. The molecule has 0 aliphatic heterocycles. The van der Waals surface area contributed by atoms with Gasteiger partial charge in [0.25, 0.3) is 0 Å². The van der Waals surface area contributed by atoms with Crippen molar-refractivity contribution >= 4 is 6.08 Å². The van der Waals surface area contributed by atoms with Gasteiger partial charge in [0.15, 0.2) is 0 Å². The third-order valence-electron chi connectivity index (χ3n) is 4.34. The molecule has 1 heteroatoms. The molecule has 0 atom stereocenters. The van der Waals surface area contributed by atoms with Gasteiger partial charge in [0, 0.05) is 0 Å². The molecule has 0 spiro atoms. The molecule has 0 saturated heterocycles. The summed E-state index contributed by atoms with van der Waals surface area (Å²) in [7, 11) is 0. The lowest BCUT2D eigenvalue weighted by Gasteiger charge is -2.07. The predicted octanol–water partition coefficient (Wildman–Crippen LogP) is 5.09. The van der Waals surface area contributed by atoms with E-state index in [1.807, 2.05) is 0 Å². The molecular formula is C22H29N. The van der Waals surface area contributed by atoms with E-state index < -0.39 is 0 Å². The number of aryl methyl sites for hydroxylation is 4. The Morgan fingerprint density at radius 1 is 1.00 bits per heavy atom. The SMILES string of the molecule is CCc1cccc(C)c1/C=C/CCc1cccc(CCCN)c1. The van der Waals surface area contributed by atoms with Crippen LogP contribution in [-0.4, -0.2) is 6.54 Å². The first-order valence-corrected chi connectivity index (χ1v) is 8.77. The van der Waals surface area contributed by atoms with Crippen molar-refractivity contribution in [2.24, 2.45) is 5.73 Å². The Hall–Kier alpha value is -1.86. The van der Waals surface area contributed by atoms with Crippen LogP contribution in [0.5, 0.6) is 0 Å². The summed E-state index contributed by atoms with van der Waals surface area (Å²) in [6, 6.07) is 15.5. The second-order valence-electron chi connectivity index (χ2n) is 6.15. The van der Waals surface area contributed by atoms with Crippen LogP contribution < -0.4 is 5.73 Å². The zero-order valence-corrected chi connectivity index (χ0v) is 14.5. The van der Waals surface area contributed by atoms with Crippen molar-refractivity contribution in [3.05, 3.63) is 76.4 Å². The Morgan fingerprint density at radius 3 is 2.48 bits per heavy atom. The van der Waals surface area contributed by atoms with Gasteiger partial charge in [0.2, 0.25) is 0 Å². The molecule has 0 fully saturated rings. The average Bonchev–Trinajstić information content (AvgIpc) is 2.58. The summed E-state index contributed by atoms with van der Waals surface area (Å²) in [4.78, 5) is 0. The molecule has 1 nitrogen and oxygen atoms in total. The highest BCUT2D eigenvalue weighted by Crippen LogP contribution is 2.17. The van der Waals surface area contributed by atoms with Crippen molar-refractivity contribution in [3.63, 3.8) is 0 Å². The number of hydrogen-bond donors (Lipinski definition) is 1. The number of hydrogen-bond acceptors (Lipinski definition) is 1. The predicted molar refractivity (Wildman–Crippen MR) is 102 cm³/mol. The first-order chi connectivity index (χ1) is 11.2. The van der Waals surface area contributed by atoms with E-state index in [4.69, 9.17) is 5.73 Å². The summed E-state index contributed by atoms with van der Waals surface area (Å²) in [5.74, 6) is 0. The van der Waals surface area contributed by atoms with Crippen LogP contribution in [-0.2, 0) is 19.3 Å². The van der Waals surface area contributed by atoms with Crippen LogP contribution in [0.2, 0.25) is 0 Å². The van der Waals surface area contributed by atoms with Gasteiger partial charge in [-0.1, -0.05) is 61.5 Å². The molecule has 0 bridgehead atoms. The molecule has 0 heterocycles. The highest BCUT2D eigenvalue weighted by atomic mass is 14.5. The molecule has 0 aromatic heterocycles. The van der Waals surface area contributed by atoms with E-state index in [9.17, 15) is 0 Å². The van der Waals surface area contributed by atoms with Crippen LogP contribution in [0.1, 0.15) is 47.6 Å². The van der Waals surface area contributed by atoms with Crippen LogP contribution in [0.15, 0.2) is 48.5 Å². The molecular weight excluding hydrogens is 278 g/mol. The van der Waals surface area contributed by atoms with Gasteiger partial charge in [-0.2, -0.15) is 0 Å². The van der Waals surface area contributed by atoms with Crippen molar-refractivity contribution in [2.45, 2.75) is 46.0 Å². The second kappa shape index (κ2) is 9.32. The minimum atomic E-state index is 0.767. The summed E-state index contributed by atoms with van der Waals surface area (Å²) in [5, 5.41) is 0. The van der Waals surface area contributed by atoms with E-state index in [0.29, 0.717) is 0 Å². The van der Waals surface area contributed by atoms with Crippen molar-refractivity contribution in [2.75, 3.05) is 6.54 Å². The minimum absolute atomic E-state index is 0.767. The summed E-state index contributed by atoms with van der Waals surface area (Å²) in [6.45, 7) is 5.18. The van der Waals surface area contributed by atoms with Crippen LogP contribution in [0.25, 0.3) is 6.08 Å². The van der Waals surface area contributed by atoms with Crippen molar-refractivity contribution in [3.8, 4) is 0 Å². The van der Waals surface area contributed by atoms with Crippen LogP contribution in [0.3, 0.4) is 0 Å². The molecule has 122 valence electrons. The minimum Gasteiger partial charge on any atom is -0.330 e. The largest absolute Gasteiger partial charge is 0.330 e. The van der Waals surface area contributed by atoms with Gasteiger partial charge in [-0.3, -0.25) is 0 Å². The van der Waals surface area contributed by atoms with E-state index in [2.05, 4.69) is 68.5 Å². The van der Waals surface area contributed by atoms with Gasteiger partial charge in [-0.05, 0) is 73.4 Å². The molecule has 0 radical (unpaired) electrons. The maximum absolute atomic E-state index is 5.59.